The van der Waals surface area contributed by atoms with Crippen LogP contribution in [0.1, 0.15) is 19.4 Å². The van der Waals surface area contributed by atoms with Gasteiger partial charge in [0.1, 0.15) is 11.4 Å². The van der Waals surface area contributed by atoms with Crippen molar-refractivity contribution in [2.75, 3.05) is 43.4 Å². The lowest BCUT2D eigenvalue weighted by atomic mass is 10.0. The molecule has 0 radical (unpaired) electrons. The van der Waals surface area contributed by atoms with Gasteiger partial charge in [-0.15, -0.1) is 11.8 Å². The minimum Gasteiger partial charge on any atom is -0.485 e. The minimum absolute atomic E-state index is 0.166. The maximum atomic E-state index is 6.40. The standard InChI is InChI=1S/C22H25Cl3N2OS/c1-22(2)14-15-12-16(23)13-19(20(15)28-22)27-8-6-26(7-9-27)10-11-29-21-17(24)4-3-5-18(21)25/h3-5,12-13H,6-11,14H2,1-2H3. The summed E-state index contributed by atoms with van der Waals surface area (Å²) in [6.45, 7) is 9.24. The number of halogens is 3. The van der Waals surface area contributed by atoms with Gasteiger partial charge in [0.2, 0.25) is 0 Å². The highest BCUT2D eigenvalue weighted by Crippen LogP contribution is 2.44. The van der Waals surface area contributed by atoms with Crippen molar-refractivity contribution in [3.63, 3.8) is 0 Å². The summed E-state index contributed by atoms with van der Waals surface area (Å²) in [7, 11) is 0. The molecule has 2 aliphatic heterocycles. The molecule has 2 aromatic rings. The molecule has 0 atom stereocenters. The third-order valence-corrected chi connectivity index (χ3v) is 7.58. The maximum absolute atomic E-state index is 6.40. The number of piperazine rings is 1. The Balaban J connectivity index is 1.34. The molecule has 0 aromatic heterocycles. The van der Waals surface area contributed by atoms with Crippen LogP contribution in [0, 0.1) is 0 Å². The molecule has 0 saturated carbocycles. The number of nitrogens with zero attached hydrogens (tertiary/aromatic N) is 2. The van der Waals surface area contributed by atoms with E-state index in [1.165, 1.54) is 5.56 Å². The first-order valence-electron chi connectivity index (χ1n) is 9.88. The van der Waals surface area contributed by atoms with E-state index >= 15 is 0 Å². The summed E-state index contributed by atoms with van der Waals surface area (Å²) in [5, 5.41) is 2.24. The first-order valence-corrected chi connectivity index (χ1v) is 12.0. The van der Waals surface area contributed by atoms with Gasteiger partial charge >= 0.3 is 0 Å². The fraction of sp³-hybridized carbons (Fsp3) is 0.455. The SMILES string of the molecule is CC1(C)Cc2cc(Cl)cc(N3CCN(CCSc4c(Cl)cccc4Cl)CC3)c2O1. The van der Waals surface area contributed by atoms with Crippen LogP contribution in [0.25, 0.3) is 0 Å². The smallest absolute Gasteiger partial charge is 0.146 e. The summed E-state index contributed by atoms with van der Waals surface area (Å²) >= 11 is 20.7. The van der Waals surface area contributed by atoms with Gasteiger partial charge in [-0.25, -0.2) is 0 Å². The van der Waals surface area contributed by atoms with Gasteiger partial charge in [0, 0.05) is 60.4 Å². The Morgan fingerprint density at radius 3 is 2.41 bits per heavy atom. The molecule has 0 amide bonds. The van der Waals surface area contributed by atoms with E-state index in [1.807, 2.05) is 30.3 Å². The molecule has 29 heavy (non-hydrogen) atoms. The third kappa shape index (κ3) is 4.94. The first-order chi connectivity index (χ1) is 13.8. The van der Waals surface area contributed by atoms with Crippen molar-refractivity contribution in [1.82, 2.24) is 4.90 Å². The number of hydrogen-bond acceptors (Lipinski definition) is 4. The molecule has 2 aromatic carbocycles. The molecule has 1 fully saturated rings. The van der Waals surface area contributed by atoms with Crippen LogP contribution < -0.4 is 9.64 Å². The molecular formula is C22H25Cl3N2OS. The normalized spacial score (nSPS) is 18.6. The van der Waals surface area contributed by atoms with E-state index in [2.05, 4.69) is 23.6 Å². The molecule has 2 aliphatic rings. The molecule has 0 N–H and O–H groups in total. The van der Waals surface area contributed by atoms with Gasteiger partial charge in [-0.3, -0.25) is 4.90 Å². The van der Waals surface area contributed by atoms with Crippen molar-refractivity contribution in [3.8, 4) is 5.75 Å². The third-order valence-electron chi connectivity index (χ3n) is 5.39. The summed E-state index contributed by atoms with van der Waals surface area (Å²) in [6, 6.07) is 9.75. The molecule has 7 heteroatoms. The van der Waals surface area contributed by atoms with Gasteiger partial charge in [-0.1, -0.05) is 40.9 Å². The predicted octanol–water partition coefficient (Wildman–Crippen LogP) is 6.27. The van der Waals surface area contributed by atoms with Crippen molar-refractivity contribution in [2.24, 2.45) is 0 Å². The minimum atomic E-state index is -0.166. The highest BCUT2D eigenvalue weighted by Gasteiger charge is 2.34. The molecule has 3 nitrogen and oxygen atoms in total. The second kappa shape index (κ2) is 8.76. The molecule has 0 spiro atoms. The number of fused-ring (bicyclic) bond motifs is 1. The second-order valence-electron chi connectivity index (χ2n) is 8.18. The van der Waals surface area contributed by atoms with E-state index in [1.54, 1.807) is 11.8 Å². The number of ether oxygens (including phenoxy) is 1. The Morgan fingerprint density at radius 2 is 1.72 bits per heavy atom. The van der Waals surface area contributed by atoms with Gasteiger partial charge in [0.15, 0.2) is 0 Å². The predicted molar refractivity (Wildman–Crippen MR) is 126 cm³/mol. The zero-order valence-corrected chi connectivity index (χ0v) is 19.8. The van der Waals surface area contributed by atoms with Crippen molar-refractivity contribution >= 4 is 52.3 Å². The zero-order chi connectivity index (χ0) is 20.6. The van der Waals surface area contributed by atoms with Gasteiger partial charge in [-0.2, -0.15) is 0 Å². The summed E-state index contributed by atoms with van der Waals surface area (Å²) in [6.07, 6.45) is 0.900. The van der Waals surface area contributed by atoms with Crippen LogP contribution in [0.4, 0.5) is 5.69 Å². The van der Waals surface area contributed by atoms with E-state index in [4.69, 9.17) is 39.5 Å². The molecule has 0 bridgehead atoms. The van der Waals surface area contributed by atoms with Gasteiger partial charge < -0.3 is 9.64 Å². The number of rotatable bonds is 5. The number of benzene rings is 2. The Morgan fingerprint density at radius 1 is 1.03 bits per heavy atom. The monoisotopic (exact) mass is 470 g/mol. The molecule has 2 heterocycles. The van der Waals surface area contributed by atoms with E-state index in [9.17, 15) is 0 Å². The number of thioether (sulfide) groups is 1. The molecule has 156 valence electrons. The van der Waals surface area contributed by atoms with E-state index in [0.717, 1.165) is 76.3 Å². The Labute approximate surface area is 192 Å². The van der Waals surface area contributed by atoms with Crippen molar-refractivity contribution in [1.29, 1.82) is 0 Å². The van der Waals surface area contributed by atoms with Gasteiger partial charge in [0.25, 0.3) is 0 Å². The largest absolute Gasteiger partial charge is 0.485 e. The highest BCUT2D eigenvalue weighted by molar-refractivity contribution is 7.99. The van der Waals surface area contributed by atoms with Gasteiger partial charge in [-0.05, 0) is 38.1 Å². The first kappa shape index (κ1) is 21.5. The van der Waals surface area contributed by atoms with E-state index in [-0.39, 0.29) is 5.60 Å². The van der Waals surface area contributed by atoms with Crippen LogP contribution in [0.3, 0.4) is 0 Å². The van der Waals surface area contributed by atoms with Crippen molar-refractivity contribution in [2.45, 2.75) is 30.8 Å². The Kier molecular flexibility index (Phi) is 6.48. The van der Waals surface area contributed by atoms with Crippen molar-refractivity contribution in [3.05, 3.63) is 51.0 Å². The lowest BCUT2D eigenvalue weighted by molar-refractivity contribution is 0.138. The molecule has 1 saturated heterocycles. The van der Waals surface area contributed by atoms with Crippen LogP contribution in [-0.2, 0) is 6.42 Å². The summed E-state index contributed by atoms with van der Waals surface area (Å²) in [5.74, 6) is 1.98. The summed E-state index contributed by atoms with van der Waals surface area (Å²) in [5.41, 5.74) is 2.18. The zero-order valence-electron chi connectivity index (χ0n) is 16.7. The number of anilines is 1. The van der Waals surface area contributed by atoms with E-state index in [0.29, 0.717) is 0 Å². The quantitative estimate of drug-likeness (QED) is 0.477. The fourth-order valence-electron chi connectivity index (χ4n) is 4.00. The van der Waals surface area contributed by atoms with E-state index < -0.39 is 0 Å². The van der Waals surface area contributed by atoms with Gasteiger partial charge in [0.05, 0.1) is 15.7 Å². The second-order valence-corrected chi connectivity index (χ2v) is 10.5. The molecule has 0 unspecified atom stereocenters. The van der Waals surface area contributed by atoms with Crippen LogP contribution in [0.5, 0.6) is 5.75 Å². The van der Waals surface area contributed by atoms with Crippen LogP contribution in [-0.4, -0.2) is 49.0 Å². The summed E-state index contributed by atoms with van der Waals surface area (Å²) in [4.78, 5) is 5.87. The molecular weight excluding hydrogens is 447 g/mol. The van der Waals surface area contributed by atoms with Crippen molar-refractivity contribution < 1.29 is 4.74 Å². The van der Waals surface area contributed by atoms with Crippen LogP contribution in [0.2, 0.25) is 15.1 Å². The highest BCUT2D eigenvalue weighted by atomic mass is 35.5. The van der Waals surface area contributed by atoms with Crippen LogP contribution >= 0.6 is 46.6 Å². The molecule has 4 rings (SSSR count). The Hall–Kier alpha value is -0.780. The maximum Gasteiger partial charge on any atom is 0.146 e. The lowest BCUT2D eigenvalue weighted by Crippen LogP contribution is -2.47. The van der Waals surface area contributed by atoms with Crippen LogP contribution in [0.15, 0.2) is 35.2 Å². The average molecular weight is 472 g/mol. The lowest BCUT2D eigenvalue weighted by Gasteiger charge is -2.37. The average Bonchev–Trinajstić information content (AvgIpc) is 2.98. The topological polar surface area (TPSA) is 15.7 Å². The fourth-order valence-corrected chi connectivity index (χ4v) is 5.92. The Bertz CT molecular complexity index is 878. The summed E-state index contributed by atoms with van der Waals surface area (Å²) < 4.78 is 6.25. The molecule has 0 aliphatic carbocycles. The number of hydrogen-bond donors (Lipinski definition) is 0.